The van der Waals surface area contributed by atoms with Crippen LogP contribution in [0.4, 0.5) is 4.39 Å². The first-order valence-corrected chi connectivity index (χ1v) is 7.71. The summed E-state index contributed by atoms with van der Waals surface area (Å²) in [6.45, 7) is 2.71. The van der Waals surface area contributed by atoms with Gasteiger partial charge in [-0.3, -0.25) is 0 Å². The monoisotopic (exact) mass is 301 g/mol. The van der Waals surface area contributed by atoms with Crippen LogP contribution in [-0.4, -0.2) is 0 Å². The number of hydrogen-bond donors (Lipinski definition) is 1. The van der Waals surface area contributed by atoms with Gasteiger partial charge in [-0.15, -0.1) is 11.3 Å². The van der Waals surface area contributed by atoms with E-state index in [1.165, 1.54) is 6.07 Å². The Morgan fingerprint density at radius 2 is 2.14 bits per heavy atom. The fourth-order valence-electron chi connectivity index (χ4n) is 2.21. The highest BCUT2D eigenvalue weighted by Crippen LogP contribution is 2.28. The molecule has 2 aromatic heterocycles. The van der Waals surface area contributed by atoms with Gasteiger partial charge in [0.2, 0.25) is 0 Å². The van der Waals surface area contributed by atoms with Crippen molar-refractivity contribution in [1.82, 2.24) is 5.32 Å². The lowest BCUT2D eigenvalue weighted by Gasteiger charge is -2.12. The zero-order valence-electron chi connectivity index (χ0n) is 11.7. The zero-order valence-corrected chi connectivity index (χ0v) is 12.5. The standard InChI is InChI=1S/C17H16FNOS/c1-12(16-4-2-8-20-16)19-11-13-6-7-15(18)14(10-13)17-5-3-9-21-17/h2-10,12,19H,11H2,1H3/t12-/m1/s1. The summed E-state index contributed by atoms with van der Waals surface area (Å²) in [6.07, 6.45) is 1.67. The van der Waals surface area contributed by atoms with Gasteiger partial charge in [-0.25, -0.2) is 4.39 Å². The average molecular weight is 301 g/mol. The molecule has 21 heavy (non-hydrogen) atoms. The highest BCUT2D eigenvalue weighted by Gasteiger charge is 2.10. The fourth-order valence-corrected chi connectivity index (χ4v) is 2.96. The molecule has 0 bridgehead atoms. The third kappa shape index (κ3) is 3.23. The van der Waals surface area contributed by atoms with Crippen molar-refractivity contribution < 1.29 is 8.81 Å². The van der Waals surface area contributed by atoms with Crippen molar-refractivity contribution in [1.29, 1.82) is 0 Å². The molecule has 1 aromatic carbocycles. The van der Waals surface area contributed by atoms with Crippen LogP contribution in [0.2, 0.25) is 0 Å². The maximum atomic E-state index is 13.9. The van der Waals surface area contributed by atoms with Crippen molar-refractivity contribution in [3.8, 4) is 10.4 Å². The second-order valence-corrected chi connectivity index (χ2v) is 5.86. The van der Waals surface area contributed by atoms with Gasteiger partial charge in [0, 0.05) is 17.0 Å². The van der Waals surface area contributed by atoms with Gasteiger partial charge in [-0.2, -0.15) is 0 Å². The number of furan rings is 1. The molecule has 0 saturated carbocycles. The summed E-state index contributed by atoms with van der Waals surface area (Å²) in [5.74, 6) is 0.718. The lowest BCUT2D eigenvalue weighted by atomic mass is 10.1. The molecule has 1 atom stereocenters. The van der Waals surface area contributed by atoms with E-state index < -0.39 is 0 Å². The molecule has 2 nitrogen and oxygen atoms in total. The molecule has 0 aliphatic heterocycles. The molecule has 0 aliphatic rings. The van der Waals surface area contributed by atoms with Crippen LogP contribution in [-0.2, 0) is 6.54 Å². The van der Waals surface area contributed by atoms with Gasteiger partial charge >= 0.3 is 0 Å². The molecule has 2 heterocycles. The van der Waals surface area contributed by atoms with Crippen LogP contribution < -0.4 is 5.32 Å². The van der Waals surface area contributed by atoms with Crippen LogP contribution in [0.1, 0.15) is 24.3 Å². The fraction of sp³-hybridized carbons (Fsp3) is 0.176. The number of hydrogen-bond acceptors (Lipinski definition) is 3. The Morgan fingerprint density at radius 3 is 2.86 bits per heavy atom. The molecular formula is C17H16FNOS. The number of halogens is 1. The molecule has 3 rings (SSSR count). The van der Waals surface area contributed by atoms with Gasteiger partial charge in [0.1, 0.15) is 11.6 Å². The molecule has 0 unspecified atom stereocenters. The minimum absolute atomic E-state index is 0.121. The first kappa shape index (κ1) is 14.0. The number of nitrogens with one attached hydrogen (secondary N) is 1. The van der Waals surface area contributed by atoms with E-state index in [2.05, 4.69) is 5.32 Å². The normalized spacial score (nSPS) is 12.5. The Hall–Kier alpha value is -1.91. The summed E-state index contributed by atoms with van der Waals surface area (Å²) in [5.41, 5.74) is 1.72. The molecule has 0 spiro atoms. The maximum absolute atomic E-state index is 13.9. The second-order valence-electron chi connectivity index (χ2n) is 4.91. The van der Waals surface area contributed by atoms with Crippen molar-refractivity contribution in [2.75, 3.05) is 0 Å². The van der Waals surface area contributed by atoms with Crippen LogP contribution >= 0.6 is 11.3 Å². The lowest BCUT2D eigenvalue weighted by molar-refractivity contribution is 0.430. The van der Waals surface area contributed by atoms with Crippen molar-refractivity contribution in [3.05, 3.63) is 71.2 Å². The summed E-state index contributed by atoms with van der Waals surface area (Å²) >= 11 is 1.55. The molecule has 3 aromatic rings. The lowest BCUT2D eigenvalue weighted by Crippen LogP contribution is -2.17. The zero-order chi connectivity index (χ0) is 14.7. The molecule has 0 radical (unpaired) electrons. The SMILES string of the molecule is C[C@@H](NCc1ccc(F)c(-c2cccs2)c1)c1ccco1. The Labute approximate surface area is 127 Å². The van der Waals surface area contributed by atoms with Gasteiger partial charge in [0.05, 0.1) is 12.3 Å². The van der Waals surface area contributed by atoms with E-state index in [-0.39, 0.29) is 11.9 Å². The Morgan fingerprint density at radius 1 is 1.24 bits per heavy atom. The van der Waals surface area contributed by atoms with Crippen LogP contribution in [0.5, 0.6) is 0 Å². The van der Waals surface area contributed by atoms with E-state index >= 15 is 0 Å². The van der Waals surface area contributed by atoms with Crippen LogP contribution in [0.15, 0.2) is 58.5 Å². The number of rotatable bonds is 5. The third-order valence-electron chi connectivity index (χ3n) is 3.40. The van der Waals surface area contributed by atoms with Crippen LogP contribution in [0.3, 0.4) is 0 Å². The van der Waals surface area contributed by atoms with Crippen molar-refractivity contribution in [3.63, 3.8) is 0 Å². The number of thiophene rings is 1. The van der Waals surface area contributed by atoms with E-state index in [1.54, 1.807) is 17.6 Å². The summed E-state index contributed by atoms with van der Waals surface area (Å²) in [6, 6.07) is 13.1. The minimum Gasteiger partial charge on any atom is -0.468 e. The minimum atomic E-state index is -0.180. The Balaban J connectivity index is 1.73. The molecule has 108 valence electrons. The van der Waals surface area contributed by atoms with Gasteiger partial charge in [-0.1, -0.05) is 12.1 Å². The summed E-state index contributed by atoms with van der Waals surface area (Å²) in [5, 5.41) is 5.34. The van der Waals surface area contributed by atoms with Gasteiger partial charge in [-0.05, 0) is 48.2 Å². The summed E-state index contributed by atoms with van der Waals surface area (Å²) in [7, 11) is 0. The first-order valence-electron chi connectivity index (χ1n) is 6.83. The third-order valence-corrected chi connectivity index (χ3v) is 4.30. The predicted molar refractivity (Wildman–Crippen MR) is 83.7 cm³/mol. The Kier molecular flexibility index (Phi) is 4.18. The average Bonchev–Trinajstić information content (AvgIpc) is 3.19. The van der Waals surface area contributed by atoms with Crippen molar-refractivity contribution >= 4 is 11.3 Å². The smallest absolute Gasteiger partial charge is 0.131 e. The molecule has 0 fully saturated rings. The highest BCUT2D eigenvalue weighted by atomic mass is 32.1. The van der Waals surface area contributed by atoms with Crippen molar-refractivity contribution in [2.45, 2.75) is 19.5 Å². The van der Waals surface area contributed by atoms with Gasteiger partial charge < -0.3 is 9.73 Å². The molecule has 0 saturated heterocycles. The van der Waals surface area contributed by atoms with E-state index in [0.29, 0.717) is 12.1 Å². The van der Waals surface area contributed by atoms with Crippen molar-refractivity contribution in [2.24, 2.45) is 0 Å². The van der Waals surface area contributed by atoms with Gasteiger partial charge in [0.15, 0.2) is 0 Å². The molecular weight excluding hydrogens is 285 g/mol. The number of benzene rings is 1. The molecule has 4 heteroatoms. The largest absolute Gasteiger partial charge is 0.468 e. The topological polar surface area (TPSA) is 25.2 Å². The van der Waals surface area contributed by atoms with E-state index in [0.717, 1.165) is 16.2 Å². The Bertz CT molecular complexity index is 692. The quantitative estimate of drug-likeness (QED) is 0.717. The summed E-state index contributed by atoms with van der Waals surface area (Å²) < 4.78 is 19.3. The molecule has 0 aliphatic carbocycles. The second kappa shape index (κ2) is 6.24. The molecule has 1 N–H and O–H groups in total. The first-order chi connectivity index (χ1) is 10.2. The summed E-state index contributed by atoms with van der Waals surface area (Å²) in [4.78, 5) is 0.952. The van der Waals surface area contributed by atoms with E-state index in [9.17, 15) is 4.39 Å². The van der Waals surface area contributed by atoms with Crippen LogP contribution in [0, 0.1) is 5.82 Å². The van der Waals surface area contributed by atoms with Crippen LogP contribution in [0.25, 0.3) is 10.4 Å². The predicted octanol–water partition coefficient (Wildman–Crippen LogP) is 5.00. The van der Waals surface area contributed by atoms with Gasteiger partial charge in [0.25, 0.3) is 0 Å². The molecule has 0 amide bonds. The van der Waals surface area contributed by atoms with E-state index in [4.69, 9.17) is 4.42 Å². The van der Waals surface area contributed by atoms with E-state index in [1.807, 2.05) is 48.7 Å². The highest BCUT2D eigenvalue weighted by molar-refractivity contribution is 7.13. The maximum Gasteiger partial charge on any atom is 0.131 e.